The number of rotatable bonds is 9. The average Bonchev–Trinajstić information content (AvgIpc) is 2.23. The lowest BCUT2D eigenvalue weighted by Crippen LogP contribution is -1.78. The molecule has 0 saturated heterocycles. The van der Waals surface area contributed by atoms with Crippen LogP contribution in [0.4, 0.5) is 0 Å². The molecule has 15 heavy (non-hydrogen) atoms. The summed E-state index contributed by atoms with van der Waals surface area (Å²) in [5.41, 5.74) is 1.56. The van der Waals surface area contributed by atoms with E-state index in [1.54, 1.807) is 5.57 Å². The summed E-state index contributed by atoms with van der Waals surface area (Å²) in [6.07, 6.45) is 17.3. The second kappa shape index (κ2) is 11.6. The van der Waals surface area contributed by atoms with E-state index in [0.29, 0.717) is 0 Å². The molecule has 0 radical (unpaired) electrons. The molecule has 0 aliphatic heterocycles. The predicted molar refractivity (Wildman–Crippen MR) is 71.2 cm³/mol. The van der Waals surface area contributed by atoms with E-state index in [9.17, 15) is 0 Å². The zero-order chi connectivity index (χ0) is 11.4. The van der Waals surface area contributed by atoms with Crippen molar-refractivity contribution < 1.29 is 0 Å². The Balaban J connectivity index is 3.44. The van der Waals surface area contributed by atoms with Gasteiger partial charge in [-0.3, -0.25) is 0 Å². The van der Waals surface area contributed by atoms with E-state index in [2.05, 4.69) is 39.0 Å². The van der Waals surface area contributed by atoms with E-state index in [4.69, 9.17) is 0 Å². The summed E-state index contributed by atoms with van der Waals surface area (Å²) in [7, 11) is 0. The van der Waals surface area contributed by atoms with Crippen molar-refractivity contribution in [2.45, 2.75) is 72.1 Å². The highest BCUT2D eigenvalue weighted by atomic mass is 13.9. The number of hydrogen-bond acceptors (Lipinski definition) is 0. The lowest BCUT2D eigenvalue weighted by molar-refractivity contribution is 0.712. The van der Waals surface area contributed by atoms with Gasteiger partial charge in [-0.2, -0.15) is 0 Å². The lowest BCUT2D eigenvalue weighted by Gasteiger charge is -1.98. The van der Waals surface area contributed by atoms with E-state index in [0.717, 1.165) is 6.42 Å². The van der Waals surface area contributed by atoms with Gasteiger partial charge in [0, 0.05) is 0 Å². The number of allylic oxidation sites excluding steroid dienone is 4. The normalized spacial score (nSPS) is 12.6. The van der Waals surface area contributed by atoms with Crippen LogP contribution >= 0.6 is 0 Å². The van der Waals surface area contributed by atoms with Gasteiger partial charge in [0.1, 0.15) is 0 Å². The summed E-state index contributed by atoms with van der Waals surface area (Å²) in [4.78, 5) is 0. The fourth-order valence-electron chi connectivity index (χ4n) is 1.56. The molecule has 0 unspecified atom stereocenters. The molecule has 0 nitrogen and oxygen atoms in total. The second-order valence-electron chi connectivity index (χ2n) is 4.36. The maximum Gasteiger partial charge on any atom is -0.0167 e. The molecule has 0 aromatic carbocycles. The van der Waals surface area contributed by atoms with Crippen LogP contribution < -0.4 is 0 Å². The Labute approximate surface area is 96.5 Å². The minimum Gasteiger partial charge on any atom is -0.0882 e. The topological polar surface area (TPSA) is 0 Å². The summed E-state index contributed by atoms with van der Waals surface area (Å²) < 4.78 is 0. The van der Waals surface area contributed by atoms with Crippen molar-refractivity contribution in [3.8, 4) is 0 Å². The van der Waals surface area contributed by atoms with Crippen molar-refractivity contribution in [2.75, 3.05) is 0 Å². The Bertz CT molecular complexity index is 174. The summed E-state index contributed by atoms with van der Waals surface area (Å²) in [6.45, 7) is 6.76. The zero-order valence-electron chi connectivity index (χ0n) is 10.9. The van der Waals surface area contributed by atoms with Crippen LogP contribution in [0.5, 0.6) is 0 Å². The van der Waals surface area contributed by atoms with Crippen molar-refractivity contribution in [1.29, 1.82) is 0 Å². The molecule has 0 heterocycles. The van der Waals surface area contributed by atoms with E-state index in [1.807, 2.05) is 0 Å². The summed E-state index contributed by atoms with van der Waals surface area (Å²) in [5.74, 6) is 0. The predicted octanol–water partition coefficient (Wildman–Crippen LogP) is 5.65. The van der Waals surface area contributed by atoms with Crippen LogP contribution in [0.15, 0.2) is 23.8 Å². The van der Waals surface area contributed by atoms with Crippen LogP contribution in [0.2, 0.25) is 0 Å². The third kappa shape index (κ3) is 11.4. The number of hydrogen-bond donors (Lipinski definition) is 0. The first kappa shape index (κ1) is 14.5. The SMILES string of the molecule is CCCCC=CCC=C(C)CCCCC. The van der Waals surface area contributed by atoms with Gasteiger partial charge in [0.05, 0.1) is 0 Å². The fourth-order valence-corrected chi connectivity index (χ4v) is 1.56. The van der Waals surface area contributed by atoms with Crippen molar-refractivity contribution in [3.63, 3.8) is 0 Å². The summed E-state index contributed by atoms with van der Waals surface area (Å²) in [6, 6.07) is 0. The minimum atomic E-state index is 1.13. The Morgan fingerprint density at radius 3 is 2.33 bits per heavy atom. The highest BCUT2D eigenvalue weighted by molar-refractivity contribution is 5.02. The first-order valence-electron chi connectivity index (χ1n) is 6.61. The molecule has 0 rings (SSSR count). The van der Waals surface area contributed by atoms with Crippen molar-refractivity contribution >= 4 is 0 Å². The fraction of sp³-hybridized carbons (Fsp3) is 0.733. The van der Waals surface area contributed by atoms with Crippen molar-refractivity contribution in [2.24, 2.45) is 0 Å². The molecule has 0 spiro atoms. The molecule has 0 aromatic heterocycles. The smallest absolute Gasteiger partial charge is 0.0167 e. The molecule has 0 amide bonds. The summed E-state index contributed by atoms with van der Waals surface area (Å²) in [5, 5.41) is 0. The monoisotopic (exact) mass is 208 g/mol. The van der Waals surface area contributed by atoms with Crippen molar-refractivity contribution in [1.82, 2.24) is 0 Å². The van der Waals surface area contributed by atoms with Gasteiger partial charge in [-0.1, -0.05) is 63.3 Å². The third-order valence-corrected chi connectivity index (χ3v) is 2.67. The van der Waals surface area contributed by atoms with Crippen LogP contribution in [0.3, 0.4) is 0 Å². The highest BCUT2D eigenvalue weighted by Gasteiger charge is 1.88. The van der Waals surface area contributed by atoms with Crippen LogP contribution in [0.25, 0.3) is 0 Å². The molecule has 0 N–H and O–H groups in total. The first-order chi connectivity index (χ1) is 7.31. The maximum absolute atomic E-state index is 2.37. The van der Waals surface area contributed by atoms with E-state index in [1.165, 1.54) is 44.9 Å². The second-order valence-corrected chi connectivity index (χ2v) is 4.36. The molecule has 0 heteroatoms. The van der Waals surface area contributed by atoms with Gasteiger partial charge < -0.3 is 0 Å². The quantitative estimate of drug-likeness (QED) is 0.339. The van der Waals surface area contributed by atoms with Gasteiger partial charge in [-0.25, -0.2) is 0 Å². The Morgan fingerprint density at radius 2 is 1.67 bits per heavy atom. The van der Waals surface area contributed by atoms with Crippen LogP contribution in [-0.2, 0) is 0 Å². The first-order valence-corrected chi connectivity index (χ1v) is 6.61. The molecule has 88 valence electrons. The van der Waals surface area contributed by atoms with Gasteiger partial charge in [0.15, 0.2) is 0 Å². The molecule has 0 aliphatic carbocycles. The zero-order valence-corrected chi connectivity index (χ0v) is 10.9. The van der Waals surface area contributed by atoms with Gasteiger partial charge in [0.25, 0.3) is 0 Å². The van der Waals surface area contributed by atoms with Gasteiger partial charge in [-0.15, -0.1) is 0 Å². The largest absolute Gasteiger partial charge is 0.0882 e. The molecule has 0 aromatic rings. The maximum atomic E-state index is 2.37. The Hall–Kier alpha value is -0.520. The van der Waals surface area contributed by atoms with E-state index >= 15 is 0 Å². The molecule has 0 bridgehead atoms. The van der Waals surface area contributed by atoms with Gasteiger partial charge >= 0.3 is 0 Å². The lowest BCUT2D eigenvalue weighted by atomic mass is 10.1. The Morgan fingerprint density at radius 1 is 0.933 bits per heavy atom. The van der Waals surface area contributed by atoms with Gasteiger partial charge in [-0.05, 0) is 32.6 Å². The summed E-state index contributed by atoms with van der Waals surface area (Å²) >= 11 is 0. The number of unbranched alkanes of at least 4 members (excludes halogenated alkanes) is 4. The molecular weight excluding hydrogens is 180 g/mol. The third-order valence-electron chi connectivity index (χ3n) is 2.67. The minimum absolute atomic E-state index is 1.13. The molecule has 0 aliphatic rings. The van der Waals surface area contributed by atoms with Crippen LogP contribution in [0, 0.1) is 0 Å². The van der Waals surface area contributed by atoms with Gasteiger partial charge in [0.2, 0.25) is 0 Å². The van der Waals surface area contributed by atoms with Crippen LogP contribution in [0.1, 0.15) is 72.1 Å². The molecule has 0 fully saturated rings. The van der Waals surface area contributed by atoms with E-state index < -0.39 is 0 Å². The highest BCUT2D eigenvalue weighted by Crippen LogP contribution is 2.09. The molecule has 0 atom stereocenters. The van der Waals surface area contributed by atoms with Crippen molar-refractivity contribution in [3.05, 3.63) is 23.8 Å². The van der Waals surface area contributed by atoms with E-state index in [-0.39, 0.29) is 0 Å². The standard InChI is InChI=1S/C15H28/c1-4-6-8-9-10-12-14-15(3)13-11-7-5-2/h9-10,14H,4-8,11-13H2,1-3H3. The molecule has 0 saturated carbocycles. The average molecular weight is 208 g/mol. The molecular formula is C15H28. The Kier molecular flexibility index (Phi) is 11.2. The van der Waals surface area contributed by atoms with Crippen LogP contribution in [-0.4, -0.2) is 0 Å².